The summed E-state index contributed by atoms with van der Waals surface area (Å²) in [4.78, 5) is 0.359. The first-order valence-electron chi connectivity index (χ1n) is 42.4. The largest absolute Gasteiger partial charge is 0.508 e. The predicted molar refractivity (Wildman–Crippen MR) is 469 cm³/mol. The first-order chi connectivity index (χ1) is 52.4. The van der Waals surface area contributed by atoms with Gasteiger partial charge in [0.2, 0.25) is 9.84 Å². The summed E-state index contributed by atoms with van der Waals surface area (Å²) in [6, 6.07) is 31.7. The van der Waals surface area contributed by atoms with Gasteiger partial charge in [-0.25, -0.2) is 8.42 Å². The van der Waals surface area contributed by atoms with Crippen molar-refractivity contribution in [1.82, 2.24) is 0 Å². The Bertz CT molecular complexity index is 4620. The molecule has 11 rings (SSSR count). The van der Waals surface area contributed by atoms with E-state index in [-0.39, 0.29) is 61.2 Å². The Kier molecular flexibility index (Phi) is 27.5. The van der Waals surface area contributed by atoms with Crippen LogP contribution in [0.4, 0.5) is 0 Å². The van der Waals surface area contributed by atoms with E-state index in [1.54, 1.807) is 26.0 Å². The molecule has 0 aromatic heterocycles. The van der Waals surface area contributed by atoms with Crippen molar-refractivity contribution in [2.75, 3.05) is 0 Å². The molecular formula is C102H140O10S. The molecule has 2 unspecified atom stereocenters. The second-order valence-corrected chi connectivity index (χ2v) is 41.8. The Morgan fingerprint density at radius 2 is 0.469 bits per heavy atom. The monoisotopic (exact) mass is 1560 g/mol. The number of phenols is 8. The molecule has 0 heterocycles. The highest BCUT2D eigenvalue weighted by molar-refractivity contribution is 7.91. The van der Waals surface area contributed by atoms with Crippen LogP contribution in [0.1, 0.15) is 391 Å². The maximum Gasteiger partial charge on any atom is 0.207 e. The number of benzene rings is 8. The smallest absolute Gasteiger partial charge is 0.207 e. The topological polar surface area (TPSA) is 196 Å². The van der Waals surface area contributed by atoms with Crippen LogP contribution in [0.15, 0.2) is 107 Å². The fourth-order valence-electron chi connectivity index (χ4n) is 18.9. The summed E-state index contributed by atoms with van der Waals surface area (Å²) in [5.41, 5.74) is 21.3. The van der Waals surface area contributed by atoms with Gasteiger partial charge in [0.25, 0.3) is 0 Å². The van der Waals surface area contributed by atoms with Crippen molar-refractivity contribution in [2.45, 2.75) is 361 Å². The highest BCUT2D eigenvalue weighted by Gasteiger charge is 2.35. The van der Waals surface area contributed by atoms with Crippen molar-refractivity contribution in [3.63, 3.8) is 0 Å². The zero-order valence-corrected chi connectivity index (χ0v) is 74.4. The molecule has 8 aromatic rings. The van der Waals surface area contributed by atoms with Crippen molar-refractivity contribution in [3.8, 4) is 46.0 Å². The van der Waals surface area contributed by atoms with Crippen LogP contribution < -0.4 is 0 Å². The van der Waals surface area contributed by atoms with Crippen LogP contribution >= 0.6 is 0 Å². The van der Waals surface area contributed by atoms with E-state index in [4.69, 9.17) is 0 Å². The van der Waals surface area contributed by atoms with Gasteiger partial charge in [0.15, 0.2) is 0 Å². The van der Waals surface area contributed by atoms with E-state index in [1.165, 1.54) is 122 Å². The average molecular weight is 1560 g/mol. The number of hydrogen-bond donors (Lipinski definition) is 8. The van der Waals surface area contributed by atoms with Gasteiger partial charge < -0.3 is 40.9 Å². The van der Waals surface area contributed by atoms with Gasteiger partial charge in [0.05, 0.1) is 9.79 Å². The average Bonchev–Trinajstić information content (AvgIpc) is 0.753. The van der Waals surface area contributed by atoms with E-state index in [2.05, 4.69) is 154 Å². The van der Waals surface area contributed by atoms with E-state index in [0.717, 1.165) is 99.7 Å². The van der Waals surface area contributed by atoms with Crippen LogP contribution in [-0.2, 0) is 36.9 Å². The van der Waals surface area contributed by atoms with Crippen molar-refractivity contribution in [3.05, 3.63) is 219 Å². The van der Waals surface area contributed by atoms with Gasteiger partial charge in [-0.15, -0.1) is 0 Å². The lowest BCUT2D eigenvalue weighted by molar-refractivity contribution is 0.412. The summed E-state index contributed by atoms with van der Waals surface area (Å²) in [5.74, 6) is 4.52. The SMILES string of the molecule is Cc1cc(O)c(C(C)(C)C)cc1C(C)CC(c1cc(C(C)(C)C)c(O)cc1C)c1cc(C(C)(C)C)c(O)cc1C.Cc1cc(O)c(C(C)(C)C)cc1S(=O)(=O)c1cc(C(C)(C)C)c(O)cc1C.Cc1cc(O)c(C2CCCCC2)cc1C(C)CC(c1cc(C2CCCCC2)c(O)cc1C)c1cc(C2CCCCC2)c(O)cc1C. The number of aryl methyl sites for hydroxylation is 8. The molecule has 113 heavy (non-hydrogen) atoms. The van der Waals surface area contributed by atoms with Crippen LogP contribution in [0, 0.1) is 55.4 Å². The van der Waals surface area contributed by atoms with Crippen LogP contribution in [0.2, 0.25) is 0 Å². The molecule has 3 fully saturated rings. The minimum atomic E-state index is -3.82. The zero-order valence-electron chi connectivity index (χ0n) is 73.6. The van der Waals surface area contributed by atoms with Crippen LogP contribution in [-0.4, -0.2) is 49.3 Å². The molecule has 0 bridgehead atoms. The van der Waals surface area contributed by atoms with Gasteiger partial charge in [-0.05, 0) is 335 Å². The quantitative estimate of drug-likeness (QED) is 0.0489. The first-order valence-corrected chi connectivity index (χ1v) is 43.8. The highest BCUT2D eigenvalue weighted by atomic mass is 32.2. The molecule has 0 amide bonds. The number of hydrogen-bond acceptors (Lipinski definition) is 10. The molecule has 3 aliphatic carbocycles. The lowest BCUT2D eigenvalue weighted by Gasteiger charge is -2.31. The Labute approximate surface area is 681 Å². The van der Waals surface area contributed by atoms with Crippen LogP contribution in [0.5, 0.6) is 46.0 Å². The minimum Gasteiger partial charge on any atom is -0.508 e. The number of aromatic hydroxyl groups is 8. The second kappa shape index (κ2) is 34.9. The summed E-state index contributed by atoms with van der Waals surface area (Å²) in [6.07, 6.45) is 20.0. The molecule has 0 aliphatic heterocycles. The molecule has 8 aromatic carbocycles. The number of sulfone groups is 1. The van der Waals surface area contributed by atoms with Crippen molar-refractivity contribution in [1.29, 1.82) is 0 Å². The van der Waals surface area contributed by atoms with Gasteiger partial charge >= 0.3 is 0 Å². The van der Waals surface area contributed by atoms with E-state index in [9.17, 15) is 49.3 Å². The Hall–Kier alpha value is -7.89. The molecule has 0 spiro atoms. The Balaban J connectivity index is 0.000000201. The van der Waals surface area contributed by atoms with Gasteiger partial charge in [-0.1, -0.05) is 212 Å². The summed E-state index contributed by atoms with van der Waals surface area (Å²) < 4.78 is 27.0. The molecule has 2 atom stereocenters. The molecule has 0 radical (unpaired) electrons. The standard InChI is InChI=1S/C43H58O3.C37H52O3.C22H30O4S/c1-27(34-24-37(41(44)21-28(34)2)31-14-8-5-9-15-31)20-40(35-25-38(42(45)22-29(35)3)32-16-10-6-11-17-32)36-26-39(43(46)23-30(36)4)33-18-12-7-13-19-33;1-21(25-18-29(35(5,6)7)32(38)15-22(25)2)14-28(26-19-30(36(8,9)10)33(39)16-23(26)3)27-20-31(37(11,12)13)34(40)17-24(27)4;1-13-9-17(23)15(21(3,4)5)11-19(13)27(25,26)20-12-16(22(6,7)8)18(24)10-14(20)2/h21-27,31-33,40,44-46H,5-20H2,1-4H3;15-21,28,38-40H,14H2,1-13H3;9-12,23-24H,1-8H3. The summed E-state index contributed by atoms with van der Waals surface area (Å²) in [7, 11) is -3.82. The number of rotatable bonds is 15. The third-order valence-corrected chi connectivity index (χ3v) is 27.5. The molecule has 614 valence electrons. The Morgan fingerprint density at radius 3 is 0.726 bits per heavy atom. The van der Waals surface area contributed by atoms with Gasteiger partial charge in [-0.3, -0.25) is 0 Å². The van der Waals surface area contributed by atoms with E-state index in [1.807, 2.05) is 77.9 Å². The second-order valence-electron chi connectivity index (χ2n) is 39.9. The maximum atomic E-state index is 13.5. The predicted octanol–water partition coefficient (Wildman–Crippen LogP) is 27.3. The minimum absolute atomic E-state index is 0.0460. The van der Waals surface area contributed by atoms with E-state index in [0.29, 0.717) is 74.5 Å². The normalized spacial score (nSPS) is 15.9. The third kappa shape index (κ3) is 20.5. The van der Waals surface area contributed by atoms with Crippen molar-refractivity contribution < 1.29 is 49.3 Å². The van der Waals surface area contributed by atoms with Gasteiger partial charge in [-0.2, -0.15) is 0 Å². The molecule has 3 saturated carbocycles. The summed E-state index contributed by atoms with van der Waals surface area (Å²) in [6.45, 7) is 51.5. The van der Waals surface area contributed by atoms with E-state index >= 15 is 0 Å². The maximum absolute atomic E-state index is 13.5. The Morgan fingerprint density at radius 1 is 0.274 bits per heavy atom. The van der Waals surface area contributed by atoms with Gasteiger partial charge in [0.1, 0.15) is 46.0 Å². The van der Waals surface area contributed by atoms with E-state index < -0.39 is 20.7 Å². The first kappa shape index (κ1) is 89.0. The molecule has 11 heteroatoms. The molecule has 10 nitrogen and oxygen atoms in total. The van der Waals surface area contributed by atoms with Crippen molar-refractivity contribution in [2.24, 2.45) is 0 Å². The molecule has 3 aliphatic rings. The lowest BCUT2D eigenvalue weighted by atomic mass is 9.74. The summed E-state index contributed by atoms with van der Waals surface area (Å²) in [5, 5.41) is 86.8. The summed E-state index contributed by atoms with van der Waals surface area (Å²) >= 11 is 0. The molecule has 8 N–H and O–H groups in total. The van der Waals surface area contributed by atoms with Gasteiger partial charge in [0, 0.05) is 23.0 Å². The molecular weight excluding hydrogens is 1420 g/mol. The molecule has 0 saturated heterocycles. The van der Waals surface area contributed by atoms with Crippen molar-refractivity contribution >= 4 is 9.84 Å². The fourth-order valence-corrected chi connectivity index (χ4v) is 20.7. The third-order valence-electron chi connectivity index (χ3n) is 25.5. The lowest BCUT2D eigenvalue weighted by Crippen LogP contribution is -2.17. The fraction of sp³-hybridized carbons (Fsp3) is 0.529. The highest BCUT2D eigenvalue weighted by Crippen LogP contribution is 2.51. The zero-order chi connectivity index (χ0) is 83.9. The number of phenolic OH excluding ortho intramolecular Hbond substituents is 8. The van der Waals surface area contributed by atoms with Crippen LogP contribution in [0.25, 0.3) is 0 Å². The van der Waals surface area contributed by atoms with Crippen LogP contribution in [0.3, 0.4) is 0 Å².